The lowest BCUT2D eigenvalue weighted by Gasteiger charge is -2.21. The second kappa shape index (κ2) is 6.96. The number of hydrogen-bond donors (Lipinski definition) is 3. The maximum Gasteiger partial charge on any atom is 0.327 e. The number of carbonyl (C=O) groups is 1. The van der Waals surface area contributed by atoms with Crippen LogP contribution in [0.15, 0.2) is 15.7 Å². The van der Waals surface area contributed by atoms with Gasteiger partial charge >= 0.3 is 5.69 Å². The zero-order valence-electron chi connectivity index (χ0n) is 14.3. The highest BCUT2D eigenvalue weighted by atomic mass is 16.2. The Hall–Kier alpha value is -2.48. The Balaban J connectivity index is 2.30. The van der Waals surface area contributed by atoms with Crippen molar-refractivity contribution in [2.24, 2.45) is 11.7 Å². The fourth-order valence-electron chi connectivity index (χ4n) is 2.44. The van der Waals surface area contributed by atoms with E-state index >= 15 is 0 Å². The van der Waals surface area contributed by atoms with Crippen LogP contribution in [0.25, 0.3) is 11.0 Å². The van der Waals surface area contributed by atoms with Gasteiger partial charge in [-0.05, 0) is 30.9 Å². The van der Waals surface area contributed by atoms with E-state index < -0.39 is 11.2 Å². The third-order valence-electron chi connectivity index (χ3n) is 4.12. The van der Waals surface area contributed by atoms with Crippen molar-refractivity contribution in [2.45, 2.75) is 33.2 Å². The van der Waals surface area contributed by atoms with Crippen LogP contribution in [0.3, 0.4) is 0 Å². The van der Waals surface area contributed by atoms with Crippen molar-refractivity contribution in [1.82, 2.24) is 19.9 Å². The number of aromatic nitrogens is 3. The zero-order valence-corrected chi connectivity index (χ0v) is 14.3. The van der Waals surface area contributed by atoms with E-state index in [9.17, 15) is 14.4 Å². The topological polar surface area (TPSA) is 125 Å². The van der Waals surface area contributed by atoms with Crippen LogP contribution in [-0.4, -0.2) is 45.4 Å². The van der Waals surface area contributed by atoms with Gasteiger partial charge in [-0.25, -0.2) is 9.78 Å². The van der Waals surface area contributed by atoms with Crippen molar-refractivity contribution in [1.29, 1.82) is 0 Å². The van der Waals surface area contributed by atoms with Gasteiger partial charge in [-0.1, -0.05) is 13.8 Å². The number of rotatable bonds is 5. The van der Waals surface area contributed by atoms with Crippen molar-refractivity contribution in [3.8, 4) is 0 Å². The van der Waals surface area contributed by atoms with E-state index in [0.29, 0.717) is 24.4 Å². The van der Waals surface area contributed by atoms with Gasteiger partial charge in [0.05, 0.1) is 5.39 Å². The molecule has 24 heavy (non-hydrogen) atoms. The number of aryl methyl sites for hydroxylation is 1. The van der Waals surface area contributed by atoms with E-state index in [1.54, 1.807) is 24.9 Å². The first-order valence-corrected chi connectivity index (χ1v) is 7.85. The number of pyridine rings is 1. The predicted octanol–water partition coefficient (Wildman–Crippen LogP) is 0.365. The van der Waals surface area contributed by atoms with Gasteiger partial charge < -0.3 is 10.6 Å². The van der Waals surface area contributed by atoms with Crippen LogP contribution < -0.4 is 17.0 Å². The summed E-state index contributed by atoms with van der Waals surface area (Å²) in [5, 5.41) is 0.274. The lowest BCUT2D eigenvalue weighted by molar-refractivity contribution is 0.0783. The van der Waals surface area contributed by atoms with Crippen LogP contribution in [0, 0.1) is 12.8 Å². The van der Waals surface area contributed by atoms with E-state index in [0.717, 1.165) is 0 Å². The Morgan fingerprint density at radius 2 is 2.00 bits per heavy atom. The molecule has 1 amide bonds. The molecule has 8 heteroatoms. The van der Waals surface area contributed by atoms with E-state index in [-0.39, 0.29) is 28.7 Å². The minimum atomic E-state index is -0.653. The maximum absolute atomic E-state index is 12.5. The van der Waals surface area contributed by atoms with Gasteiger partial charge in [0.2, 0.25) is 0 Å². The molecule has 0 saturated heterocycles. The molecule has 1 atom stereocenters. The molecule has 4 N–H and O–H groups in total. The maximum atomic E-state index is 12.5. The molecule has 2 aromatic rings. The van der Waals surface area contributed by atoms with Crippen molar-refractivity contribution in [2.75, 3.05) is 13.6 Å². The summed E-state index contributed by atoms with van der Waals surface area (Å²) in [5.74, 6) is 0.0587. The smallest absolute Gasteiger partial charge is 0.327 e. The number of nitrogens with one attached hydrogen (secondary N) is 2. The number of H-pyrrole nitrogens is 2. The van der Waals surface area contributed by atoms with Crippen LogP contribution in [0.1, 0.15) is 36.3 Å². The summed E-state index contributed by atoms with van der Waals surface area (Å²) in [7, 11) is 1.68. The van der Waals surface area contributed by atoms with E-state index in [4.69, 9.17) is 5.73 Å². The molecule has 0 aliphatic carbocycles. The second-order valence-electron chi connectivity index (χ2n) is 6.38. The molecule has 0 spiro atoms. The first-order valence-electron chi connectivity index (χ1n) is 7.85. The summed E-state index contributed by atoms with van der Waals surface area (Å²) in [6.07, 6.45) is 0.684. The fourth-order valence-corrected chi connectivity index (χ4v) is 2.44. The molecule has 2 heterocycles. The van der Waals surface area contributed by atoms with Gasteiger partial charge in [0.1, 0.15) is 11.3 Å². The molecule has 2 aromatic heterocycles. The van der Waals surface area contributed by atoms with Gasteiger partial charge in [-0.3, -0.25) is 19.6 Å². The van der Waals surface area contributed by atoms with Gasteiger partial charge in [-0.2, -0.15) is 0 Å². The van der Waals surface area contributed by atoms with Crippen LogP contribution in [-0.2, 0) is 0 Å². The standard InChI is InChI=1S/C16H23N5O3/c1-8(2)10(17)5-6-21(4)15(23)11-7-9(3)12-13(18-11)19-16(24)20-14(12)22/h7-8,10H,5-6,17H2,1-4H3,(H2,18,19,20,22,24). The molecular weight excluding hydrogens is 310 g/mol. The monoisotopic (exact) mass is 333 g/mol. The molecule has 0 aliphatic heterocycles. The molecule has 1 unspecified atom stereocenters. The molecule has 0 radical (unpaired) electrons. The SMILES string of the molecule is Cc1cc(C(=O)N(C)CCC(N)C(C)C)nc2[nH]c(=O)[nH]c(=O)c12. The Bertz CT molecular complexity index is 868. The highest BCUT2D eigenvalue weighted by molar-refractivity contribution is 5.94. The summed E-state index contributed by atoms with van der Waals surface area (Å²) in [6.45, 7) is 6.27. The minimum absolute atomic E-state index is 0.0152. The molecular formula is C16H23N5O3. The quantitative estimate of drug-likeness (QED) is 0.729. The summed E-state index contributed by atoms with van der Waals surface area (Å²) in [5.41, 5.74) is 5.70. The molecule has 0 aliphatic rings. The molecule has 2 rings (SSSR count). The Kier molecular flexibility index (Phi) is 5.18. The molecule has 0 saturated carbocycles. The first kappa shape index (κ1) is 17.9. The lowest BCUT2D eigenvalue weighted by Crippen LogP contribution is -2.35. The van der Waals surface area contributed by atoms with E-state index in [1.165, 1.54) is 0 Å². The molecule has 130 valence electrons. The van der Waals surface area contributed by atoms with Gasteiger partial charge in [0, 0.05) is 19.6 Å². The summed E-state index contributed by atoms with van der Waals surface area (Å²) >= 11 is 0. The van der Waals surface area contributed by atoms with Gasteiger partial charge in [0.25, 0.3) is 11.5 Å². The average Bonchev–Trinajstić information content (AvgIpc) is 2.49. The summed E-state index contributed by atoms with van der Waals surface area (Å²) in [6, 6.07) is 1.57. The van der Waals surface area contributed by atoms with E-state index in [2.05, 4.69) is 15.0 Å². The Labute approximate surface area is 139 Å². The van der Waals surface area contributed by atoms with Gasteiger partial charge in [-0.15, -0.1) is 0 Å². The molecule has 0 fully saturated rings. The molecule has 0 aromatic carbocycles. The number of aromatic amines is 2. The highest BCUT2D eigenvalue weighted by Crippen LogP contribution is 2.13. The van der Waals surface area contributed by atoms with Crippen LogP contribution in [0.4, 0.5) is 0 Å². The fraction of sp³-hybridized carbons (Fsp3) is 0.500. The van der Waals surface area contributed by atoms with Crippen molar-refractivity contribution < 1.29 is 4.79 Å². The van der Waals surface area contributed by atoms with Crippen molar-refractivity contribution in [3.63, 3.8) is 0 Å². The predicted molar refractivity (Wildman–Crippen MR) is 92.1 cm³/mol. The Morgan fingerprint density at radius 3 is 2.62 bits per heavy atom. The molecule has 0 bridgehead atoms. The average molecular weight is 333 g/mol. The Morgan fingerprint density at radius 1 is 1.33 bits per heavy atom. The van der Waals surface area contributed by atoms with Crippen molar-refractivity contribution >= 4 is 16.9 Å². The van der Waals surface area contributed by atoms with Gasteiger partial charge in [0.15, 0.2) is 0 Å². The largest absolute Gasteiger partial charge is 0.340 e. The third kappa shape index (κ3) is 3.70. The van der Waals surface area contributed by atoms with Crippen LogP contribution in [0.5, 0.6) is 0 Å². The second-order valence-corrected chi connectivity index (χ2v) is 6.38. The normalized spacial score (nSPS) is 12.6. The number of carbonyl (C=O) groups excluding carboxylic acids is 1. The molecule has 8 nitrogen and oxygen atoms in total. The summed E-state index contributed by atoms with van der Waals surface area (Å²) < 4.78 is 0. The highest BCUT2D eigenvalue weighted by Gasteiger charge is 2.18. The minimum Gasteiger partial charge on any atom is -0.340 e. The number of amides is 1. The van der Waals surface area contributed by atoms with Crippen LogP contribution >= 0.6 is 0 Å². The van der Waals surface area contributed by atoms with Crippen LogP contribution in [0.2, 0.25) is 0 Å². The zero-order chi connectivity index (χ0) is 18.0. The van der Waals surface area contributed by atoms with Crippen molar-refractivity contribution in [3.05, 3.63) is 38.2 Å². The summed E-state index contributed by atoms with van der Waals surface area (Å²) in [4.78, 5) is 46.1. The third-order valence-corrected chi connectivity index (χ3v) is 4.12. The number of fused-ring (bicyclic) bond motifs is 1. The lowest BCUT2D eigenvalue weighted by atomic mass is 10.0. The number of hydrogen-bond acceptors (Lipinski definition) is 5. The van der Waals surface area contributed by atoms with E-state index in [1.807, 2.05) is 13.8 Å². The first-order chi connectivity index (χ1) is 11.2. The number of nitrogens with zero attached hydrogens (tertiary/aromatic N) is 2. The number of nitrogens with two attached hydrogens (primary N) is 1.